The fourth-order valence-electron chi connectivity index (χ4n) is 1.79. The molecule has 2 aromatic carbocycles. The summed E-state index contributed by atoms with van der Waals surface area (Å²) in [5.41, 5.74) is -0.0364. The van der Waals surface area contributed by atoms with Crippen LogP contribution >= 0.6 is 31.9 Å². The molecule has 0 fully saturated rings. The van der Waals surface area contributed by atoms with Crippen molar-refractivity contribution in [1.82, 2.24) is 0 Å². The smallest absolute Gasteiger partial charge is 0.292 e. The number of para-hydroxylation sites is 2. The Bertz CT molecular complexity index is 752. The van der Waals surface area contributed by atoms with E-state index < -0.39 is 16.9 Å². The fourth-order valence-corrected chi connectivity index (χ4v) is 2.93. The van der Waals surface area contributed by atoms with Crippen molar-refractivity contribution in [3.05, 3.63) is 61.5 Å². The maximum atomic E-state index is 12.2. The maximum Gasteiger partial charge on any atom is 0.292 e. The number of ether oxygens (including phenoxy) is 1. The molecule has 1 unspecified atom stereocenters. The van der Waals surface area contributed by atoms with E-state index in [1.54, 1.807) is 31.2 Å². The van der Waals surface area contributed by atoms with Crippen LogP contribution in [0.2, 0.25) is 0 Å². The number of nitrogens with one attached hydrogen (secondary N) is 1. The van der Waals surface area contributed by atoms with E-state index in [0.29, 0.717) is 10.2 Å². The van der Waals surface area contributed by atoms with Crippen molar-refractivity contribution in [3.63, 3.8) is 0 Å². The second-order valence-electron chi connectivity index (χ2n) is 4.60. The molecule has 6 nitrogen and oxygen atoms in total. The van der Waals surface area contributed by atoms with Gasteiger partial charge in [-0.25, -0.2) is 0 Å². The molecular weight excluding hydrogens is 432 g/mol. The normalized spacial score (nSPS) is 11.6. The fraction of sp³-hybridized carbons (Fsp3) is 0.133. The van der Waals surface area contributed by atoms with E-state index in [2.05, 4.69) is 37.2 Å². The molecule has 0 saturated heterocycles. The van der Waals surface area contributed by atoms with Crippen LogP contribution in [0.3, 0.4) is 0 Å². The van der Waals surface area contributed by atoms with Gasteiger partial charge in [0.25, 0.3) is 11.6 Å². The summed E-state index contributed by atoms with van der Waals surface area (Å²) in [6.45, 7) is 1.57. The molecule has 2 rings (SSSR count). The van der Waals surface area contributed by atoms with Crippen LogP contribution in [-0.2, 0) is 4.79 Å². The SMILES string of the molecule is CC(Oc1ccc(Br)cc1Br)C(=O)Nc1ccccc1[N+](=O)[O-]. The molecule has 1 amide bonds. The number of hydrogen-bond acceptors (Lipinski definition) is 4. The minimum absolute atomic E-state index is 0.132. The molecule has 1 atom stereocenters. The van der Waals surface area contributed by atoms with Crippen molar-refractivity contribution in [3.8, 4) is 5.75 Å². The van der Waals surface area contributed by atoms with Crippen LogP contribution in [0.25, 0.3) is 0 Å². The van der Waals surface area contributed by atoms with Gasteiger partial charge in [0.2, 0.25) is 0 Å². The number of halogens is 2. The van der Waals surface area contributed by atoms with Gasteiger partial charge >= 0.3 is 0 Å². The predicted molar refractivity (Wildman–Crippen MR) is 93.7 cm³/mol. The summed E-state index contributed by atoms with van der Waals surface area (Å²) < 4.78 is 7.15. The molecule has 1 N–H and O–H groups in total. The number of rotatable bonds is 5. The first-order chi connectivity index (χ1) is 10.9. The quantitative estimate of drug-likeness (QED) is 0.543. The average molecular weight is 444 g/mol. The van der Waals surface area contributed by atoms with Gasteiger partial charge in [0, 0.05) is 10.5 Å². The summed E-state index contributed by atoms with van der Waals surface area (Å²) in [5, 5.41) is 13.5. The number of hydrogen-bond donors (Lipinski definition) is 1. The van der Waals surface area contributed by atoms with Crippen LogP contribution in [0.15, 0.2) is 51.4 Å². The minimum Gasteiger partial charge on any atom is -0.480 e. The van der Waals surface area contributed by atoms with Gasteiger partial charge in [-0.15, -0.1) is 0 Å². The van der Waals surface area contributed by atoms with E-state index in [-0.39, 0.29) is 11.4 Å². The van der Waals surface area contributed by atoms with Crippen molar-refractivity contribution < 1.29 is 14.5 Å². The first kappa shape index (κ1) is 17.4. The van der Waals surface area contributed by atoms with Crippen LogP contribution in [-0.4, -0.2) is 16.9 Å². The highest BCUT2D eigenvalue weighted by Crippen LogP contribution is 2.29. The highest BCUT2D eigenvalue weighted by molar-refractivity contribution is 9.11. The lowest BCUT2D eigenvalue weighted by atomic mass is 10.2. The lowest BCUT2D eigenvalue weighted by molar-refractivity contribution is -0.383. The number of benzene rings is 2. The van der Waals surface area contributed by atoms with Crippen molar-refractivity contribution in [2.75, 3.05) is 5.32 Å². The summed E-state index contributed by atoms with van der Waals surface area (Å²) in [5.74, 6) is 0.0209. The van der Waals surface area contributed by atoms with Gasteiger partial charge in [-0.1, -0.05) is 28.1 Å². The number of nitro groups is 1. The van der Waals surface area contributed by atoms with E-state index in [0.717, 1.165) is 4.47 Å². The molecule has 0 heterocycles. The van der Waals surface area contributed by atoms with Crippen molar-refractivity contribution in [1.29, 1.82) is 0 Å². The van der Waals surface area contributed by atoms with Gasteiger partial charge < -0.3 is 10.1 Å². The van der Waals surface area contributed by atoms with Gasteiger partial charge in [-0.3, -0.25) is 14.9 Å². The summed E-state index contributed by atoms with van der Waals surface area (Å²) >= 11 is 6.67. The molecule has 23 heavy (non-hydrogen) atoms. The minimum atomic E-state index is -0.827. The lowest BCUT2D eigenvalue weighted by Gasteiger charge is -2.16. The van der Waals surface area contributed by atoms with Crippen molar-refractivity contribution in [2.45, 2.75) is 13.0 Å². The zero-order valence-electron chi connectivity index (χ0n) is 12.0. The van der Waals surface area contributed by atoms with E-state index >= 15 is 0 Å². The summed E-state index contributed by atoms with van der Waals surface area (Å²) in [6, 6.07) is 11.2. The largest absolute Gasteiger partial charge is 0.480 e. The van der Waals surface area contributed by atoms with Crippen LogP contribution in [0.5, 0.6) is 5.75 Å². The Labute approximate surface area is 149 Å². The second-order valence-corrected chi connectivity index (χ2v) is 6.37. The van der Waals surface area contributed by atoms with E-state index in [1.165, 1.54) is 18.2 Å². The van der Waals surface area contributed by atoms with Crippen LogP contribution < -0.4 is 10.1 Å². The van der Waals surface area contributed by atoms with Gasteiger partial charge in [0.05, 0.1) is 9.40 Å². The van der Waals surface area contributed by atoms with Crippen molar-refractivity contribution >= 4 is 49.1 Å². The van der Waals surface area contributed by atoms with Crippen LogP contribution in [0, 0.1) is 10.1 Å². The molecule has 0 saturated carbocycles. The first-order valence-electron chi connectivity index (χ1n) is 6.54. The molecule has 8 heteroatoms. The molecule has 0 aliphatic carbocycles. The number of nitrogens with zero attached hydrogens (tertiary/aromatic N) is 1. The molecule has 0 radical (unpaired) electrons. The van der Waals surface area contributed by atoms with Crippen LogP contribution in [0.1, 0.15) is 6.92 Å². The number of carbonyl (C=O) groups is 1. The zero-order chi connectivity index (χ0) is 17.0. The molecule has 0 aliphatic heterocycles. The van der Waals surface area contributed by atoms with E-state index in [4.69, 9.17) is 4.74 Å². The van der Waals surface area contributed by atoms with Gasteiger partial charge in [-0.05, 0) is 47.1 Å². The molecule has 0 bridgehead atoms. The molecule has 2 aromatic rings. The van der Waals surface area contributed by atoms with E-state index in [1.807, 2.05) is 0 Å². The highest BCUT2D eigenvalue weighted by Gasteiger charge is 2.20. The third kappa shape index (κ3) is 4.52. The third-order valence-corrected chi connectivity index (χ3v) is 4.04. The molecule has 0 spiro atoms. The number of nitro benzene ring substituents is 1. The summed E-state index contributed by atoms with van der Waals surface area (Å²) in [4.78, 5) is 22.6. The molecule has 0 aliphatic rings. The van der Waals surface area contributed by atoms with E-state index in [9.17, 15) is 14.9 Å². The Morgan fingerprint density at radius 3 is 2.61 bits per heavy atom. The Hall–Kier alpha value is -1.93. The first-order valence-corrected chi connectivity index (χ1v) is 8.13. The average Bonchev–Trinajstić information content (AvgIpc) is 2.50. The molecular formula is C15H12Br2N2O4. The maximum absolute atomic E-state index is 12.2. The Morgan fingerprint density at radius 2 is 1.96 bits per heavy atom. The second kappa shape index (κ2) is 7.56. The summed E-state index contributed by atoms with van der Waals surface area (Å²) in [7, 11) is 0. The predicted octanol–water partition coefficient (Wildman–Crippen LogP) is 4.53. The topological polar surface area (TPSA) is 81.5 Å². The Morgan fingerprint density at radius 1 is 1.26 bits per heavy atom. The standard InChI is InChI=1S/C15H12Br2N2O4/c1-9(23-14-7-6-10(16)8-11(14)17)15(20)18-12-4-2-3-5-13(12)19(21)22/h2-9H,1H3,(H,18,20). The molecule has 0 aromatic heterocycles. The van der Waals surface area contributed by atoms with Gasteiger partial charge in [0.15, 0.2) is 6.10 Å². The monoisotopic (exact) mass is 442 g/mol. The number of carbonyl (C=O) groups excluding carboxylic acids is 1. The Kier molecular flexibility index (Phi) is 5.73. The lowest BCUT2D eigenvalue weighted by Crippen LogP contribution is -2.30. The van der Waals surface area contributed by atoms with Crippen LogP contribution in [0.4, 0.5) is 11.4 Å². The zero-order valence-corrected chi connectivity index (χ0v) is 15.1. The van der Waals surface area contributed by atoms with Gasteiger partial charge in [-0.2, -0.15) is 0 Å². The summed E-state index contributed by atoms with van der Waals surface area (Å²) in [6.07, 6.45) is -0.827. The highest BCUT2D eigenvalue weighted by atomic mass is 79.9. The Balaban J connectivity index is 2.10. The number of amides is 1. The molecule has 120 valence electrons. The van der Waals surface area contributed by atoms with Crippen molar-refractivity contribution in [2.24, 2.45) is 0 Å². The number of anilines is 1. The van der Waals surface area contributed by atoms with Gasteiger partial charge in [0.1, 0.15) is 11.4 Å². The third-order valence-electron chi connectivity index (χ3n) is 2.93.